The number of benzene rings is 2. The van der Waals surface area contributed by atoms with Crippen LogP contribution in [0.15, 0.2) is 48.5 Å². The van der Waals surface area contributed by atoms with Crippen molar-refractivity contribution in [1.82, 2.24) is 0 Å². The Morgan fingerprint density at radius 1 is 1.05 bits per heavy atom. The minimum absolute atomic E-state index is 0.145. The molecule has 0 saturated carbocycles. The van der Waals surface area contributed by atoms with Crippen molar-refractivity contribution in [3.63, 3.8) is 0 Å². The molecule has 2 aromatic rings. The Bertz CT molecular complexity index is 653. The van der Waals surface area contributed by atoms with Gasteiger partial charge in [-0.15, -0.1) is 0 Å². The number of hydrogen-bond donors (Lipinski definition) is 1. The maximum absolute atomic E-state index is 12.0. The van der Waals surface area contributed by atoms with Gasteiger partial charge in [-0.2, -0.15) is 0 Å². The fourth-order valence-electron chi connectivity index (χ4n) is 1.78. The molecule has 108 valence electrons. The molecule has 2 N–H and O–H groups in total. The molecule has 5 nitrogen and oxygen atoms in total. The summed E-state index contributed by atoms with van der Waals surface area (Å²) in [5.41, 5.74) is 7.21. The van der Waals surface area contributed by atoms with E-state index >= 15 is 0 Å². The fourth-order valence-corrected chi connectivity index (χ4v) is 1.78. The molecule has 21 heavy (non-hydrogen) atoms. The number of carbonyl (C=O) groups excluding carboxylic acids is 2. The van der Waals surface area contributed by atoms with E-state index in [-0.39, 0.29) is 23.4 Å². The first kappa shape index (κ1) is 14.6. The highest BCUT2D eigenvalue weighted by Crippen LogP contribution is 2.16. The molecule has 0 amide bonds. The second kappa shape index (κ2) is 6.56. The van der Waals surface area contributed by atoms with Gasteiger partial charge in [0.1, 0.15) is 6.61 Å². The first-order chi connectivity index (χ1) is 10.1. The maximum Gasteiger partial charge on any atom is 0.339 e. The maximum atomic E-state index is 12.0. The minimum atomic E-state index is -0.592. The molecule has 0 radical (unpaired) electrons. The third-order valence-electron chi connectivity index (χ3n) is 2.91. The molecule has 0 atom stereocenters. The Balaban J connectivity index is 2.11. The quantitative estimate of drug-likeness (QED) is 0.689. The Labute approximate surface area is 122 Å². The van der Waals surface area contributed by atoms with Crippen molar-refractivity contribution in [1.29, 1.82) is 0 Å². The number of anilines is 1. The minimum Gasteiger partial charge on any atom is -0.465 e. The lowest BCUT2D eigenvalue weighted by atomic mass is 10.1. The summed E-state index contributed by atoms with van der Waals surface area (Å²) in [6.07, 6.45) is 0. The van der Waals surface area contributed by atoms with Gasteiger partial charge in [-0.3, -0.25) is 0 Å². The molecule has 0 spiro atoms. The van der Waals surface area contributed by atoms with Crippen LogP contribution >= 0.6 is 0 Å². The molecule has 5 heteroatoms. The number of hydrogen-bond acceptors (Lipinski definition) is 5. The first-order valence-electron chi connectivity index (χ1n) is 6.30. The summed E-state index contributed by atoms with van der Waals surface area (Å²) in [6, 6.07) is 13.7. The van der Waals surface area contributed by atoms with Crippen LogP contribution in [0.4, 0.5) is 5.69 Å². The van der Waals surface area contributed by atoms with E-state index < -0.39 is 11.9 Å². The van der Waals surface area contributed by atoms with Gasteiger partial charge < -0.3 is 15.2 Å². The average Bonchev–Trinajstić information content (AvgIpc) is 2.53. The topological polar surface area (TPSA) is 78.6 Å². The zero-order valence-corrected chi connectivity index (χ0v) is 11.5. The fraction of sp³-hybridized carbons (Fsp3) is 0.125. The lowest BCUT2D eigenvalue weighted by molar-refractivity contribution is 0.0472. The van der Waals surface area contributed by atoms with Gasteiger partial charge in [0.05, 0.1) is 18.2 Å². The average molecular weight is 285 g/mol. The van der Waals surface area contributed by atoms with E-state index in [1.165, 1.54) is 25.3 Å². The summed E-state index contributed by atoms with van der Waals surface area (Å²) >= 11 is 0. The van der Waals surface area contributed by atoms with Crippen molar-refractivity contribution >= 4 is 17.6 Å². The predicted octanol–water partition coefficient (Wildman–Crippen LogP) is 2.41. The van der Waals surface area contributed by atoms with Crippen molar-refractivity contribution in [3.8, 4) is 0 Å². The molecule has 2 aromatic carbocycles. The van der Waals surface area contributed by atoms with Crippen LogP contribution in [0.5, 0.6) is 0 Å². The summed E-state index contributed by atoms with van der Waals surface area (Å²) in [4.78, 5) is 23.5. The van der Waals surface area contributed by atoms with E-state index in [2.05, 4.69) is 4.74 Å². The molecule has 0 aromatic heterocycles. The summed E-state index contributed by atoms with van der Waals surface area (Å²) in [6.45, 7) is 0.164. The van der Waals surface area contributed by atoms with E-state index in [4.69, 9.17) is 10.5 Å². The van der Waals surface area contributed by atoms with Crippen molar-refractivity contribution in [2.45, 2.75) is 6.61 Å². The Morgan fingerprint density at radius 3 is 2.43 bits per heavy atom. The lowest BCUT2D eigenvalue weighted by Crippen LogP contribution is -2.10. The summed E-state index contributed by atoms with van der Waals surface area (Å²) in [5, 5.41) is 0. The molecule has 0 bridgehead atoms. The van der Waals surface area contributed by atoms with Crippen LogP contribution in [0, 0.1) is 0 Å². The van der Waals surface area contributed by atoms with E-state index in [1.54, 1.807) is 0 Å². The highest BCUT2D eigenvalue weighted by Gasteiger charge is 2.15. The first-order valence-corrected chi connectivity index (χ1v) is 6.30. The Kier molecular flexibility index (Phi) is 4.56. The summed E-state index contributed by atoms with van der Waals surface area (Å²) < 4.78 is 9.80. The van der Waals surface area contributed by atoms with Gasteiger partial charge in [0.2, 0.25) is 0 Å². The number of ether oxygens (including phenoxy) is 2. The largest absolute Gasteiger partial charge is 0.465 e. The van der Waals surface area contributed by atoms with E-state index in [0.717, 1.165) is 5.56 Å². The van der Waals surface area contributed by atoms with Gasteiger partial charge in [0.25, 0.3) is 0 Å². The molecule has 0 aliphatic carbocycles. The van der Waals surface area contributed by atoms with Gasteiger partial charge in [-0.05, 0) is 23.8 Å². The normalized spacial score (nSPS) is 9.95. The third-order valence-corrected chi connectivity index (χ3v) is 2.91. The second-order valence-corrected chi connectivity index (χ2v) is 4.36. The molecule has 0 unspecified atom stereocenters. The molecule has 2 rings (SSSR count). The zero-order valence-electron chi connectivity index (χ0n) is 11.5. The predicted molar refractivity (Wildman–Crippen MR) is 77.8 cm³/mol. The van der Waals surface area contributed by atoms with Crippen molar-refractivity contribution in [2.24, 2.45) is 0 Å². The number of nitrogen functional groups attached to an aromatic ring is 1. The van der Waals surface area contributed by atoms with Gasteiger partial charge in [-0.25, -0.2) is 9.59 Å². The number of carbonyl (C=O) groups is 2. The van der Waals surface area contributed by atoms with Crippen molar-refractivity contribution < 1.29 is 19.1 Å². The van der Waals surface area contributed by atoms with Crippen molar-refractivity contribution in [3.05, 3.63) is 65.2 Å². The van der Waals surface area contributed by atoms with E-state index in [1.807, 2.05) is 30.3 Å². The molecular weight excluding hydrogens is 270 g/mol. The summed E-state index contributed by atoms with van der Waals surface area (Å²) in [5.74, 6) is -1.12. The summed E-state index contributed by atoms with van der Waals surface area (Å²) in [7, 11) is 1.25. The van der Waals surface area contributed by atoms with E-state index in [0.29, 0.717) is 0 Å². The van der Waals surface area contributed by atoms with Gasteiger partial charge in [0, 0.05) is 5.69 Å². The Morgan fingerprint density at radius 2 is 1.76 bits per heavy atom. The van der Waals surface area contributed by atoms with Crippen LogP contribution in [0.25, 0.3) is 0 Å². The van der Waals surface area contributed by atoms with Crippen LogP contribution in [0.3, 0.4) is 0 Å². The van der Waals surface area contributed by atoms with Gasteiger partial charge in [-0.1, -0.05) is 30.3 Å². The van der Waals surface area contributed by atoms with Crippen molar-refractivity contribution in [2.75, 3.05) is 12.8 Å². The number of nitrogens with two attached hydrogens (primary N) is 1. The van der Waals surface area contributed by atoms with Gasteiger partial charge >= 0.3 is 11.9 Å². The smallest absolute Gasteiger partial charge is 0.339 e. The van der Waals surface area contributed by atoms with Crippen LogP contribution in [0.1, 0.15) is 26.3 Å². The van der Waals surface area contributed by atoms with Crippen LogP contribution < -0.4 is 5.73 Å². The van der Waals surface area contributed by atoms with Crippen LogP contribution in [-0.2, 0) is 16.1 Å². The number of methoxy groups -OCH3 is 1. The lowest BCUT2D eigenvalue weighted by Gasteiger charge is -2.08. The molecule has 0 aliphatic rings. The zero-order chi connectivity index (χ0) is 15.2. The SMILES string of the molecule is COC(=O)c1cc(C(=O)OCc2ccccc2)ccc1N. The van der Waals surface area contributed by atoms with Crippen LogP contribution in [0.2, 0.25) is 0 Å². The molecule has 0 fully saturated rings. The number of rotatable bonds is 4. The molecular formula is C16H15NO4. The van der Waals surface area contributed by atoms with Crippen LogP contribution in [-0.4, -0.2) is 19.0 Å². The molecule has 0 aliphatic heterocycles. The third kappa shape index (κ3) is 3.60. The monoisotopic (exact) mass is 285 g/mol. The van der Waals surface area contributed by atoms with E-state index in [9.17, 15) is 9.59 Å². The standard InChI is InChI=1S/C16H15NO4/c1-20-16(19)13-9-12(7-8-14(13)17)15(18)21-10-11-5-3-2-4-6-11/h2-9H,10,17H2,1H3. The second-order valence-electron chi connectivity index (χ2n) is 4.36. The highest BCUT2D eigenvalue weighted by atomic mass is 16.5. The highest BCUT2D eigenvalue weighted by molar-refractivity contribution is 5.99. The molecule has 0 heterocycles. The Hall–Kier alpha value is -2.82. The van der Waals surface area contributed by atoms with Gasteiger partial charge in [0.15, 0.2) is 0 Å². The number of esters is 2. The molecule has 0 saturated heterocycles.